The zero-order valence-corrected chi connectivity index (χ0v) is 13.6. The number of nitrogens with two attached hydrogens (primary N) is 1. The van der Waals surface area contributed by atoms with E-state index in [2.05, 4.69) is 32.7 Å². The Morgan fingerprint density at radius 3 is 2.53 bits per heavy atom. The Balaban J connectivity index is 2.41. The fourth-order valence-corrected chi connectivity index (χ4v) is 3.25. The van der Waals surface area contributed by atoms with Crippen LogP contribution >= 0.6 is 0 Å². The average molecular weight is 270 g/mol. The van der Waals surface area contributed by atoms with Crippen molar-refractivity contribution in [1.82, 2.24) is 4.90 Å². The van der Waals surface area contributed by atoms with Gasteiger partial charge < -0.3 is 15.4 Å². The molecule has 3 unspecified atom stereocenters. The molecule has 0 amide bonds. The molecule has 1 rings (SSSR count). The summed E-state index contributed by atoms with van der Waals surface area (Å²) in [6, 6.07) is 0.392. The van der Waals surface area contributed by atoms with Gasteiger partial charge in [0.15, 0.2) is 0 Å². The molecular formula is C16H34N2O. The minimum absolute atomic E-state index is 0.392. The molecule has 3 nitrogen and oxygen atoms in total. The highest BCUT2D eigenvalue weighted by molar-refractivity contribution is 4.88. The molecule has 0 heterocycles. The van der Waals surface area contributed by atoms with Crippen LogP contribution in [0.3, 0.4) is 0 Å². The molecule has 0 aliphatic heterocycles. The third-order valence-corrected chi connectivity index (χ3v) is 4.70. The zero-order valence-electron chi connectivity index (χ0n) is 13.6. The van der Waals surface area contributed by atoms with Gasteiger partial charge in [-0.3, -0.25) is 0 Å². The standard InChI is InChI=1S/C16H34N2O/c1-16(2,3)14-7-8-15(17)13(11-14)12-18(4)9-6-10-19-5/h13-15H,6-12,17H2,1-5H3. The normalized spacial score (nSPS) is 28.9. The van der Waals surface area contributed by atoms with Crippen molar-refractivity contribution in [1.29, 1.82) is 0 Å². The van der Waals surface area contributed by atoms with Gasteiger partial charge >= 0.3 is 0 Å². The van der Waals surface area contributed by atoms with Crippen molar-refractivity contribution in [3.05, 3.63) is 0 Å². The average Bonchev–Trinajstić information content (AvgIpc) is 2.31. The van der Waals surface area contributed by atoms with Crippen LogP contribution in [-0.2, 0) is 4.74 Å². The van der Waals surface area contributed by atoms with E-state index in [1.165, 1.54) is 19.3 Å². The summed E-state index contributed by atoms with van der Waals surface area (Å²) in [6.45, 7) is 10.2. The first-order valence-electron chi connectivity index (χ1n) is 7.77. The minimum atomic E-state index is 0.392. The van der Waals surface area contributed by atoms with Crippen LogP contribution in [0.25, 0.3) is 0 Å². The summed E-state index contributed by atoms with van der Waals surface area (Å²) in [4.78, 5) is 2.43. The van der Waals surface area contributed by atoms with Crippen LogP contribution < -0.4 is 5.73 Å². The van der Waals surface area contributed by atoms with Crippen molar-refractivity contribution in [3.63, 3.8) is 0 Å². The van der Waals surface area contributed by atoms with E-state index in [1.807, 2.05) is 0 Å². The van der Waals surface area contributed by atoms with Gasteiger partial charge in [-0.25, -0.2) is 0 Å². The number of methoxy groups -OCH3 is 1. The van der Waals surface area contributed by atoms with E-state index in [0.717, 1.165) is 32.0 Å². The van der Waals surface area contributed by atoms with E-state index in [0.29, 0.717) is 17.4 Å². The van der Waals surface area contributed by atoms with Crippen LogP contribution in [0.1, 0.15) is 46.5 Å². The fourth-order valence-electron chi connectivity index (χ4n) is 3.25. The maximum Gasteiger partial charge on any atom is 0.0474 e. The van der Waals surface area contributed by atoms with Crippen molar-refractivity contribution < 1.29 is 4.74 Å². The van der Waals surface area contributed by atoms with Crippen molar-refractivity contribution >= 4 is 0 Å². The van der Waals surface area contributed by atoms with E-state index < -0.39 is 0 Å². The van der Waals surface area contributed by atoms with Gasteiger partial charge in [0.1, 0.15) is 0 Å². The summed E-state index contributed by atoms with van der Waals surface area (Å²) in [5.74, 6) is 1.48. The van der Waals surface area contributed by atoms with E-state index in [9.17, 15) is 0 Å². The van der Waals surface area contributed by atoms with Crippen molar-refractivity contribution in [2.75, 3.05) is 33.9 Å². The lowest BCUT2D eigenvalue weighted by Crippen LogP contribution is -2.44. The Labute approximate surface area is 119 Å². The van der Waals surface area contributed by atoms with E-state index in [4.69, 9.17) is 10.5 Å². The smallest absolute Gasteiger partial charge is 0.0474 e. The topological polar surface area (TPSA) is 38.5 Å². The molecule has 0 aromatic carbocycles. The molecule has 0 radical (unpaired) electrons. The summed E-state index contributed by atoms with van der Waals surface area (Å²) < 4.78 is 5.11. The number of hydrogen-bond donors (Lipinski definition) is 1. The van der Waals surface area contributed by atoms with Gasteiger partial charge in [-0.05, 0) is 50.0 Å². The lowest BCUT2D eigenvalue weighted by molar-refractivity contribution is 0.102. The maximum absolute atomic E-state index is 6.34. The Kier molecular flexibility index (Phi) is 6.78. The highest BCUT2D eigenvalue weighted by Gasteiger charge is 2.34. The molecule has 2 N–H and O–H groups in total. The van der Waals surface area contributed by atoms with Crippen LogP contribution in [0.4, 0.5) is 0 Å². The second-order valence-electron chi connectivity index (χ2n) is 7.41. The molecule has 3 heteroatoms. The number of hydrogen-bond acceptors (Lipinski definition) is 3. The lowest BCUT2D eigenvalue weighted by Gasteiger charge is -2.41. The molecule has 1 aliphatic carbocycles. The Morgan fingerprint density at radius 1 is 1.26 bits per heavy atom. The SMILES string of the molecule is COCCCN(C)CC1CC(C(C)(C)C)CCC1N. The Hall–Kier alpha value is -0.120. The minimum Gasteiger partial charge on any atom is -0.385 e. The van der Waals surface area contributed by atoms with Gasteiger partial charge in [-0.1, -0.05) is 20.8 Å². The summed E-state index contributed by atoms with van der Waals surface area (Å²) >= 11 is 0. The lowest BCUT2D eigenvalue weighted by atomic mass is 9.67. The predicted molar refractivity (Wildman–Crippen MR) is 82.3 cm³/mol. The van der Waals surface area contributed by atoms with Crippen molar-refractivity contribution in [2.45, 2.75) is 52.5 Å². The molecule has 1 saturated carbocycles. The van der Waals surface area contributed by atoms with Gasteiger partial charge in [-0.2, -0.15) is 0 Å². The summed E-state index contributed by atoms with van der Waals surface area (Å²) in [6.07, 6.45) is 4.89. The molecular weight excluding hydrogens is 236 g/mol. The van der Waals surface area contributed by atoms with Gasteiger partial charge in [0.05, 0.1) is 0 Å². The van der Waals surface area contributed by atoms with Crippen LogP contribution in [-0.4, -0.2) is 44.8 Å². The second-order valence-corrected chi connectivity index (χ2v) is 7.41. The molecule has 0 saturated heterocycles. The highest BCUT2D eigenvalue weighted by atomic mass is 16.5. The zero-order chi connectivity index (χ0) is 14.5. The molecule has 1 fully saturated rings. The van der Waals surface area contributed by atoms with E-state index in [1.54, 1.807) is 7.11 Å². The van der Waals surface area contributed by atoms with Gasteiger partial charge in [0.25, 0.3) is 0 Å². The second kappa shape index (κ2) is 7.61. The first-order chi connectivity index (χ1) is 8.84. The van der Waals surface area contributed by atoms with Gasteiger partial charge in [0.2, 0.25) is 0 Å². The molecule has 0 aromatic rings. The Bertz CT molecular complexity index is 250. The summed E-state index contributed by atoms with van der Waals surface area (Å²) in [5, 5.41) is 0. The molecule has 0 spiro atoms. The largest absolute Gasteiger partial charge is 0.385 e. The number of ether oxygens (including phenoxy) is 1. The molecule has 0 bridgehead atoms. The Morgan fingerprint density at radius 2 is 1.95 bits per heavy atom. The third kappa shape index (κ3) is 5.80. The van der Waals surface area contributed by atoms with Crippen LogP contribution in [0.5, 0.6) is 0 Å². The number of nitrogens with zero attached hydrogens (tertiary/aromatic N) is 1. The van der Waals surface area contributed by atoms with Crippen LogP contribution in [0.2, 0.25) is 0 Å². The number of rotatable bonds is 6. The van der Waals surface area contributed by atoms with Gasteiger partial charge in [-0.15, -0.1) is 0 Å². The molecule has 114 valence electrons. The third-order valence-electron chi connectivity index (χ3n) is 4.70. The first-order valence-corrected chi connectivity index (χ1v) is 7.77. The van der Waals surface area contributed by atoms with E-state index in [-0.39, 0.29) is 0 Å². The molecule has 1 aliphatic rings. The van der Waals surface area contributed by atoms with Crippen LogP contribution in [0, 0.1) is 17.3 Å². The summed E-state index contributed by atoms with van der Waals surface area (Å²) in [5.41, 5.74) is 6.76. The molecule has 19 heavy (non-hydrogen) atoms. The maximum atomic E-state index is 6.34. The van der Waals surface area contributed by atoms with Crippen molar-refractivity contribution in [3.8, 4) is 0 Å². The predicted octanol–water partition coefficient (Wildman–Crippen LogP) is 2.74. The quantitative estimate of drug-likeness (QED) is 0.754. The molecule has 3 atom stereocenters. The van der Waals surface area contributed by atoms with Crippen molar-refractivity contribution in [2.24, 2.45) is 23.0 Å². The van der Waals surface area contributed by atoms with E-state index >= 15 is 0 Å². The van der Waals surface area contributed by atoms with Gasteiger partial charge in [0, 0.05) is 32.8 Å². The molecule has 0 aromatic heterocycles. The summed E-state index contributed by atoms with van der Waals surface area (Å²) in [7, 11) is 3.98. The van der Waals surface area contributed by atoms with Crippen LogP contribution in [0.15, 0.2) is 0 Å². The first kappa shape index (κ1) is 16.9. The monoisotopic (exact) mass is 270 g/mol. The fraction of sp³-hybridized carbons (Fsp3) is 1.00. The highest BCUT2D eigenvalue weighted by Crippen LogP contribution is 2.39.